The van der Waals surface area contributed by atoms with Crippen molar-refractivity contribution in [2.24, 2.45) is 0 Å². The molecule has 1 fully saturated rings. The molecule has 0 N–H and O–H groups in total. The summed E-state index contributed by atoms with van der Waals surface area (Å²) < 4.78 is 29.0. The van der Waals surface area contributed by atoms with E-state index in [-0.39, 0.29) is 12.7 Å². The highest BCUT2D eigenvalue weighted by Gasteiger charge is 2.31. The van der Waals surface area contributed by atoms with Crippen LogP contribution in [-0.4, -0.2) is 12.7 Å². The third-order valence-corrected chi connectivity index (χ3v) is 4.93. The van der Waals surface area contributed by atoms with Gasteiger partial charge >= 0.3 is 7.82 Å². The molecule has 5 heteroatoms. The normalized spacial score (nSPS) is 19.6. The summed E-state index contributed by atoms with van der Waals surface area (Å²) in [5.74, 6) is 0. The zero-order valence-electron chi connectivity index (χ0n) is 12.0. The van der Waals surface area contributed by atoms with Crippen LogP contribution in [0.4, 0.5) is 0 Å². The van der Waals surface area contributed by atoms with Gasteiger partial charge in [-0.3, -0.25) is 13.6 Å². The van der Waals surface area contributed by atoms with E-state index in [0.29, 0.717) is 6.61 Å². The molecule has 0 bridgehead atoms. The summed E-state index contributed by atoms with van der Waals surface area (Å²) in [6, 6.07) is 9.64. The number of benzene rings is 1. The highest BCUT2D eigenvalue weighted by Crippen LogP contribution is 2.52. The first-order valence-corrected chi connectivity index (χ1v) is 8.79. The largest absolute Gasteiger partial charge is 0.475 e. The molecule has 1 aliphatic rings. The van der Waals surface area contributed by atoms with Crippen LogP contribution in [0.5, 0.6) is 0 Å². The van der Waals surface area contributed by atoms with Gasteiger partial charge < -0.3 is 0 Å². The number of hydrogen-bond donors (Lipinski definition) is 0. The molecule has 4 nitrogen and oxygen atoms in total. The Morgan fingerprint density at radius 3 is 2.45 bits per heavy atom. The van der Waals surface area contributed by atoms with E-state index >= 15 is 0 Å². The van der Waals surface area contributed by atoms with Crippen molar-refractivity contribution in [3.63, 3.8) is 0 Å². The van der Waals surface area contributed by atoms with Gasteiger partial charge in [0.25, 0.3) is 0 Å². The van der Waals surface area contributed by atoms with Crippen molar-refractivity contribution in [1.29, 1.82) is 0 Å². The Kier molecular flexibility index (Phi) is 6.24. The van der Waals surface area contributed by atoms with Gasteiger partial charge in [-0.1, -0.05) is 49.6 Å². The second kappa shape index (κ2) is 7.94. The van der Waals surface area contributed by atoms with E-state index in [2.05, 4.69) is 0 Å². The average Bonchev–Trinajstić information content (AvgIpc) is 2.48. The molecule has 20 heavy (non-hydrogen) atoms. The Morgan fingerprint density at radius 2 is 1.80 bits per heavy atom. The van der Waals surface area contributed by atoms with Crippen molar-refractivity contribution in [3.8, 4) is 0 Å². The SMILES string of the molecule is CCOP(=O)(OCc1ccccc1)OC1CCCCC1. The predicted molar refractivity (Wildman–Crippen MR) is 78.4 cm³/mol. The summed E-state index contributed by atoms with van der Waals surface area (Å²) in [6.45, 7) is 2.35. The Hall–Kier alpha value is -0.670. The Morgan fingerprint density at radius 1 is 1.10 bits per heavy atom. The lowest BCUT2D eigenvalue weighted by molar-refractivity contribution is 0.0605. The van der Waals surface area contributed by atoms with Crippen molar-refractivity contribution < 1.29 is 18.1 Å². The molecule has 1 unspecified atom stereocenters. The van der Waals surface area contributed by atoms with Crippen LogP contribution in [-0.2, 0) is 24.7 Å². The number of hydrogen-bond acceptors (Lipinski definition) is 4. The number of phosphoric ester groups is 1. The summed E-state index contributed by atoms with van der Waals surface area (Å²) in [7, 11) is -3.45. The van der Waals surface area contributed by atoms with E-state index < -0.39 is 7.82 Å². The molecule has 0 aliphatic heterocycles. The maximum Gasteiger partial charge on any atom is 0.475 e. The molecule has 0 amide bonds. The minimum absolute atomic E-state index is 0.00286. The first kappa shape index (κ1) is 15.7. The fourth-order valence-electron chi connectivity index (χ4n) is 2.34. The molecule has 1 saturated carbocycles. The van der Waals surface area contributed by atoms with Crippen LogP contribution < -0.4 is 0 Å². The van der Waals surface area contributed by atoms with E-state index in [9.17, 15) is 4.57 Å². The topological polar surface area (TPSA) is 44.8 Å². The predicted octanol–water partition coefficient (Wildman–Crippen LogP) is 4.70. The van der Waals surface area contributed by atoms with Crippen LogP contribution in [0, 0.1) is 0 Å². The Balaban J connectivity index is 1.91. The van der Waals surface area contributed by atoms with Gasteiger partial charge in [-0.05, 0) is 25.3 Å². The van der Waals surface area contributed by atoms with E-state index in [1.54, 1.807) is 6.92 Å². The van der Waals surface area contributed by atoms with Gasteiger partial charge in [-0.15, -0.1) is 0 Å². The highest BCUT2D eigenvalue weighted by atomic mass is 31.2. The summed E-state index contributed by atoms with van der Waals surface area (Å²) >= 11 is 0. The van der Waals surface area contributed by atoms with Gasteiger partial charge in [0.2, 0.25) is 0 Å². The molecule has 0 spiro atoms. The van der Waals surface area contributed by atoms with Crippen molar-refractivity contribution in [2.45, 2.75) is 51.7 Å². The van der Waals surface area contributed by atoms with Gasteiger partial charge in [-0.2, -0.15) is 0 Å². The molecule has 0 radical (unpaired) electrons. The van der Waals surface area contributed by atoms with Gasteiger partial charge in [0.15, 0.2) is 0 Å². The molecule has 1 atom stereocenters. The van der Waals surface area contributed by atoms with Crippen molar-refractivity contribution in [1.82, 2.24) is 0 Å². The van der Waals surface area contributed by atoms with Crippen LogP contribution in [0.1, 0.15) is 44.6 Å². The quantitative estimate of drug-likeness (QED) is 0.685. The first-order valence-electron chi connectivity index (χ1n) is 7.33. The minimum Gasteiger partial charge on any atom is -0.287 e. The molecule has 2 rings (SSSR count). The zero-order valence-corrected chi connectivity index (χ0v) is 12.9. The molecular formula is C15H23O4P. The van der Waals surface area contributed by atoms with Gasteiger partial charge in [0.05, 0.1) is 19.3 Å². The van der Waals surface area contributed by atoms with Gasteiger partial charge in [0, 0.05) is 0 Å². The maximum absolute atomic E-state index is 12.6. The summed E-state index contributed by atoms with van der Waals surface area (Å²) in [5, 5.41) is 0. The number of phosphoric acid groups is 1. The standard InChI is InChI=1S/C15H23O4P/c1-2-17-20(16,19-15-11-7-4-8-12-15)18-13-14-9-5-3-6-10-14/h3,5-6,9-10,15H,2,4,7-8,11-13H2,1H3. The van der Waals surface area contributed by atoms with E-state index in [1.807, 2.05) is 30.3 Å². The lowest BCUT2D eigenvalue weighted by atomic mass is 9.98. The van der Waals surface area contributed by atoms with Crippen LogP contribution in [0.3, 0.4) is 0 Å². The zero-order chi connectivity index (χ0) is 14.3. The highest BCUT2D eigenvalue weighted by molar-refractivity contribution is 7.48. The van der Waals surface area contributed by atoms with Crippen molar-refractivity contribution in [2.75, 3.05) is 6.61 Å². The van der Waals surface area contributed by atoms with Gasteiger partial charge in [-0.25, -0.2) is 4.57 Å². The molecule has 1 aromatic carbocycles. The second-order valence-corrected chi connectivity index (χ2v) is 6.61. The molecular weight excluding hydrogens is 275 g/mol. The summed E-state index contributed by atoms with van der Waals surface area (Å²) in [5.41, 5.74) is 0.958. The monoisotopic (exact) mass is 298 g/mol. The Labute approximate surface area is 121 Å². The van der Waals surface area contributed by atoms with E-state index in [0.717, 1.165) is 31.2 Å². The summed E-state index contributed by atoms with van der Waals surface area (Å²) in [6.07, 6.45) is 5.34. The smallest absolute Gasteiger partial charge is 0.287 e. The van der Waals surface area contributed by atoms with Crippen LogP contribution in [0.25, 0.3) is 0 Å². The third-order valence-electron chi connectivity index (χ3n) is 3.35. The average molecular weight is 298 g/mol. The maximum atomic E-state index is 12.6. The van der Waals surface area contributed by atoms with Crippen LogP contribution in [0.15, 0.2) is 30.3 Å². The molecule has 0 aromatic heterocycles. The molecule has 1 aromatic rings. The second-order valence-electron chi connectivity index (χ2n) is 4.99. The van der Waals surface area contributed by atoms with Crippen LogP contribution >= 0.6 is 7.82 Å². The Bertz CT molecular complexity index is 429. The third kappa shape index (κ3) is 5.02. The molecule has 112 valence electrons. The number of rotatable bonds is 7. The lowest BCUT2D eigenvalue weighted by Gasteiger charge is -2.26. The van der Waals surface area contributed by atoms with E-state index in [1.165, 1.54) is 6.42 Å². The van der Waals surface area contributed by atoms with Gasteiger partial charge in [0.1, 0.15) is 0 Å². The fourth-order valence-corrected chi connectivity index (χ4v) is 3.73. The summed E-state index contributed by atoms with van der Waals surface area (Å²) in [4.78, 5) is 0. The van der Waals surface area contributed by atoms with E-state index in [4.69, 9.17) is 13.6 Å². The first-order chi connectivity index (χ1) is 9.72. The lowest BCUT2D eigenvalue weighted by Crippen LogP contribution is -2.16. The molecule has 1 aliphatic carbocycles. The minimum atomic E-state index is -3.45. The van der Waals surface area contributed by atoms with Crippen molar-refractivity contribution >= 4 is 7.82 Å². The fraction of sp³-hybridized carbons (Fsp3) is 0.600. The molecule has 0 heterocycles. The van der Waals surface area contributed by atoms with Crippen LogP contribution in [0.2, 0.25) is 0 Å². The molecule has 0 saturated heterocycles. The van der Waals surface area contributed by atoms with Crippen molar-refractivity contribution in [3.05, 3.63) is 35.9 Å².